The number of nitrogens with one attached hydrogen (secondary N) is 1. The zero-order valence-electron chi connectivity index (χ0n) is 13.3. The number of benzene rings is 2. The van der Waals surface area contributed by atoms with Gasteiger partial charge in [-0.3, -0.25) is 9.59 Å². The Labute approximate surface area is 135 Å². The first-order valence-electron chi connectivity index (χ1n) is 7.30. The molecule has 0 bridgehead atoms. The van der Waals surface area contributed by atoms with Gasteiger partial charge in [0.15, 0.2) is 0 Å². The average molecular weight is 312 g/mol. The molecule has 2 rings (SSSR count). The van der Waals surface area contributed by atoms with E-state index in [1.54, 1.807) is 24.3 Å². The molecule has 2 aromatic rings. The Hall–Kier alpha value is -2.82. The summed E-state index contributed by atoms with van der Waals surface area (Å²) < 4.78 is 5.75. The van der Waals surface area contributed by atoms with Crippen LogP contribution in [0.4, 0.5) is 0 Å². The summed E-state index contributed by atoms with van der Waals surface area (Å²) in [5.74, 6) is -0.350. The lowest BCUT2D eigenvalue weighted by Gasteiger charge is -2.09. The topological polar surface area (TPSA) is 81.4 Å². The molecule has 0 fully saturated rings. The Bertz CT molecular complexity index is 706. The lowest BCUT2D eigenvalue weighted by molar-refractivity contribution is -0.117. The Morgan fingerprint density at radius 1 is 1.09 bits per heavy atom. The van der Waals surface area contributed by atoms with Gasteiger partial charge in [0.05, 0.1) is 6.54 Å². The highest BCUT2D eigenvalue weighted by Gasteiger charge is 2.07. The fourth-order valence-corrected chi connectivity index (χ4v) is 2.32. The molecule has 5 heteroatoms. The van der Waals surface area contributed by atoms with Gasteiger partial charge in [-0.05, 0) is 37.6 Å². The average Bonchev–Trinajstić information content (AvgIpc) is 2.50. The van der Waals surface area contributed by atoms with E-state index in [2.05, 4.69) is 23.5 Å². The summed E-state index contributed by atoms with van der Waals surface area (Å²) in [5.41, 5.74) is 8.87. The minimum absolute atomic E-state index is 0.188. The third kappa shape index (κ3) is 5.14. The first kappa shape index (κ1) is 16.5. The maximum atomic E-state index is 11.9. The number of hydrogen-bond acceptors (Lipinski definition) is 3. The molecule has 0 radical (unpaired) electrons. The van der Waals surface area contributed by atoms with E-state index in [0.29, 0.717) is 17.9 Å². The summed E-state index contributed by atoms with van der Waals surface area (Å²) in [6.45, 7) is 4.32. The van der Waals surface area contributed by atoms with E-state index in [4.69, 9.17) is 10.5 Å². The Morgan fingerprint density at radius 2 is 1.78 bits per heavy atom. The number of rotatable bonds is 6. The summed E-state index contributed by atoms with van der Waals surface area (Å²) in [6, 6.07) is 13.0. The Balaban J connectivity index is 2.02. The maximum absolute atomic E-state index is 11.9. The molecule has 0 saturated carbocycles. The number of hydrogen-bond donors (Lipinski definition) is 2. The quantitative estimate of drug-likeness (QED) is 0.857. The summed E-state index contributed by atoms with van der Waals surface area (Å²) in [6.07, 6.45) is 0. The van der Waals surface area contributed by atoms with Crippen LogP contribution in [0.2, 0.25) is 0 Å². The molecule has 23 heavy (non-hydrogen) atoms. The highest BCUT2D eigenvalue weighted by Crippen LogP contribution is 2.16. The molecular formula is C18H20N2O3. The summed E-state index contributed by atoms with van der Waals surface area (Å²) in [7, 11) is 0. The van der Waals surface area contributed by atoms with Crippen LogP contribution in [-0.4, -0.2) is 18.4 Å². The minimum Gasteiger partial charge on any atom is -0.489 e. The van der Waals surface area contributed by atoms with Crippen molar-refractivity contribution in [1.82, 2.24) is 5.32 Å². The van der Waals surface area contributed by atoms with E-state index < -0.39 is 5.91 Å². The second-order valence-electron chi connectivity index (χ2n) is 5.46. The lowest BCUT2D eigenvalue weighted by Crippen LogP contribution is -2.33. The lowest BCUT2D eigenvalue weighted by atomic mass is 10.1. The van der Waals surface area contributed by atoms with Crippen LogP contribution in [0.15, 0.2) is 42.5 Å². The number of ether oxygens (including phenoxy) is 1. The number of carbonyl (C=O) groups excluding carboxylic acids is 2. The van der Waals surface area contributed by atoms with Crippen LogP contribution < -0.4 is 15.8 Å². The van der Waals surface area contributed by atoms with Crippen LogP contribution in [0, 0.1) is 13.8 Å². The predicted molar refractivity (Wildman–Crippen MR) is 88.2 cm³/mol. The Morgan fingerprint density at radius 3 is 2.43 bits per heavy atom. The monoisotopic (exact) mass is 312 g/mol. The van der Waals surface area contributed by atoms with E-state index >= 15 is 0 Å². The first-order valence-corrected chi connectivity index (χ1v) is 7.30. The van der Waals surface area contributed by atoms with Crippen molar-refractivity contribution >= 4 is 11.8 Å². The third-order valence-electron chi connectivity index (χ3n) is 3.21. The van der Waals surface area contributed by atoms with Crippen molar-refractivity contribution in [3.63, 3.8) is 0 Å². The molecular weight excluding hydrogens is 292 g/mol. The largest absolute Gasteiger partial charge is 0.489 e. The molecule has 120 valence electrons. The van der Waals surface area contributed by atoms with Gasteiger partial charge in [-0.25, -0.2) is 0 Å². The summed E-state index contributed by atoms with van der Waals surface area (Å²) >= 11 is 0. The van der Waals surface area contributed by atoms with Crippen LogP contribution in [0.1, 0.15) is 27.0 Å². The van der Waals surface area contributed by atoms with Crippen LogP contribution in [0.5, 0.6) is 5.75 Å². The van der Waals surface area contributed by atoms with Crippen molar-refractivity contribution in [3.8, 4) is 5.75 Å². The third-order valence-corrected chi connectivity index (χ3v) is 3.21. The molecule has 0 heterocycles. The van der Waals surface area contributed by atoms with E-state index in [-0.39, 0.29) is 12.5 Å². The van der Waals surface area contributed by atoms with Gasteiger partial charge in [0, 0.05) is 5.56 Å². The smallest absolute Gasteiger partial charge is 0.251 e. The van der Waals surface area contributed by atoms with E-state index in [0.717, 1.165) is 5.56 Å². The maximum Gasteiger partial charge on any atom is 0.251 e. The van der Waals surface area contributed by atoms with Crippen LogP contribution in [0.3, 0.4) is 0 Å². The van der Waals surface area contributed by atoms with Gasteiger partial charge in [0.1, 0.15) is 12.4 Å². The van der Waals surface area contributed by atoms with Crippen LogP contribution in [0.25, 0.3) is 0 Å². The Kier molecular flexibility index (Phi) is 5.36. The molecule has 0 aromatic heterocycles. The van der Waals surface area contributed by atoms with Crippen molar-refractivity contribution < 1.29 is 14.3 Å². The van der Waals surface area contributed by atoms with Crippen LogP contribution >= 0.6 is 0 Å². The van der Waals surface area contributed by atoms with E-state index in [1.807, 2.05) is 13.8 Å². The minimum atomic E-state index is -0.583. The second-order valence-corrected chi connectivity index (χ2v) is 5.46. The molecule has 0 spiro atoms. The predicted octanol–water partition coefficient (Wildman–Crippen LogP) is 2.10. The van der Waals surface area contributed by atoms with Gasteiger partial charge < -0.3 is 15.8 Å². The molecule has 3 N–H and O–H groups in total. The van der Waals surface area contributed by atoms with E-state index in [9.17, 15) is 9.59 Å². The molecule has 0 aliphatic heterocycles. The highest BCUT2D eigenvalue weighted by molar-refractivity contribution is 5.96. The molecule has 0 atom stereocenters. The molecule has 0 saturated heterocycles. The molecule has 2 amide bonds. The standard InChI is InChI=1S/C18H20N2O3/c1-12-6-13(2)8-14(7-12)11-23-16-5-3-4-15(9-16)18(22)20-10-17(19)21/h3-9H,10-11H2,1-2H3,(H2,19,21)(H,20,22). The fourth-order valence-electron chi connectivity index (χ4n) is 2.32. The second kappa shape index (κ2) is 7.45. The van der Waals surface area contributed by atoms with Gasteiger partial charge in [0.25, 0.3) is 5.91 Å². The van der Waals surface area contributed by atoms with Crippen molar-refractivity contribution in [2.45, 2.75) is 20.5 Å². The van der Waals surface area contributed by atoms with Gasteiger partial charge in [-0.2, -0.15) is 0 Å². The molecule has 2 aromatic carbocycles. The zero-order valence-corrected chi connectivity index (χ0v) is 13.3. The number of nitrogens with two attached hydrogens (primary N) is 1. The van der Waals surface area contributed by atoms with Gasteiger partial charge in [-0.1, -0.05) is 35.4 Å². The number of amides is 2. The number of aryl methyl sites for hydroxylation is 2. The van der Waals surface area contributed by atoms with Crippen molar-refractivity contribution in [2.24, 2.45) is 5.73 Å². The van der Waals surface area contributed by atoms with E-state index in [1.165, 1.54) is 11.1 Å². The molecule has 0 aliphatic carbocycles. The number of carbonyl (C=O) groups is 2. The van der Waals surface area contributed by atoms with Gasteiger partial charge in [0.2, 0.25) is 5.91 Å². The van der Waals surface area contributed by atoms with Crippen LogP contribution in [-0.2, 0) is 11.4 Å². The normalized spacial score (nSPS) is 10.2. The molecule has 5 nitrogen and oxygen atoms in total. The van der Waals surface area contributed by atoms with Gasteiger partial charge in [-0.15, -0.1) is 0 Å². The zero-order chi connectivity index (χ0) is 16.8. The summed E-state index contributed by atoms with van der Waals surface area (Å²) in [4.78, 5) is 22.6. The highest BCUT2D eigenvalue weighted by atomic mass is 16.5. The SMILES string of the molecule is Cc1cc(C)cc(COc2cccc(C(=O)NCC(N)=O)c2)c1. The number of primary amides is 1. The first-order chi connectivity index (χ1) is 10.9. The molecule has 0 aliphatic rings. The van der Waals surface area contributed by atoms with Crippen molar-refractivity contribution in [2.75, 3.05) is 6.54 Å². The summed E-state index contributed by atoms with van der Waals surface area (Å²) in [5, 5.41) is 2.45. The van der Waals surface area contributed by atoms with Gasteiger partial charge >= 0.3 is 0 Å². The van der Waals surface area contributed by atoms with Crippen molar-refractivity contribution in [1.29, 1.82) is 0 Å². The van der Waals surface area contributed by atoms with Crippen molar-refractivity contribution in [3.05, 3.63) is 64.7 Å². The molecule has 0 unspecified atom stereocenters. The fraction of sp³-hybridized carbons (Fsp3) is 0.222.